The summed E-state index contributed by atoms with van der Waals surface area (Å²) in [6, 6.07) is -0.0766. The smallest absolute Gasteiger partial charge is 0.316 e. The Morgan fingerprint density at radius 2 is 1.90 bits per heavy atom. The van der Waals surface area contributed by atoms with E-state index >= 15 is 0 Å². The van der Waals surface area contributed by atoms with Crippen molar-refractivity contribution in [3.05, 3.63) is 0 Å². The van der Waals surface area contributed by atoms with Crippen LogP contribution < -0.4 is 16.4 Å². The standard InChI is InChI=1S/C13H29N5O2/c1-13(2,11(14)17-20)7-5-6-8-15-9-10-16-12(19)18(3)4/h15,20H,5-10H2,1-4H3,(H2,14,17)(H,16,19). The van der Waals surface area contributed by atoms with Crippen molar-refractivity contribution in [2.24, 2.45) is 16.3 Å². The highest BCUT2D eigenvalue weighted by atomic mass is 16.4. The van der Waals surface area contributed by atoms with Gasteiger partial charge in [-0.15, -0.1) is 0 Å². The zero-order valence-electron chi connectivity index (χ0n) is 13.1. The first kappa shape index (κ1) is 18.5. The van der Waals surface area contributed by atoms with E-state index < -0.39 is 0 Å². The third-order valence-corrected chi connectivity index (χ3v) is 3.19. The number of amides is 2. The van der Waals surface area contributed by atoms with Crippen LogP contribution in [-0.4, -0.2) is 55.7 Å². The van der Waals surface area contributed by atoms with Gasteiger partial charge in [0.1, 0.15) is 5.84 Å². The molecular weight excluding hydrogens is 258 g/mol. The van der Waals surface area contributed by atoms with Crippen molar-refractivity contribution in [1.29, 1.82) is 0 Å². The number of hydrogen-bond acceptors (Lipinski definition) is 4. The van der Waals surface area contributed by atoms with Gasteiger partial charge in [-0.3, -0.25) is 0 Å². The zero-order chi connectivity index (χ0) is 15.6. The number of carbonyl (C=O) groups excluding carboxylic acids is 1. The summed E-state index contributed by atoms with van der Waals surface area (Å²) >= 11 is 0. The van der Waals surface area contributed by atoms with Crippen molar-refractivity contribution in [3.8, 4) is 0 Å². The van der Waals surface area contributed by atoms with E-state index in [4.69, 9.17) is 10.9 Å². The number of nitrogens with one attached hydrogen (secondary N) is 2. The monoisotopic (exact) mass is 287 g/mol. The van der Waals surface area contributed by atoms with Crippen LogP contribution in [0, 0.1) is 5.41 Å². The van der Waals surface area contributed by atoms with Crippen molar-refractivity contribution in [1.82, 2.24) is 15.5 Å². The topological polar surface area (TPSA) is 103 Å². The van der Waals surface area contributed by atoms with Crippen LogP contribution in [0.5, 0.6) is 0 Å². The van der Waals surface area contributed by atoms with Crippen LogP contribution in [-0.2, 0) is 0 Å². The van der Waals surface area contributed by atoms with E-state index in [9.17, 15) is 4.79 Å². The van der Waals surface area contributed by atoms with Gasteiger partial charge in [0.2, 0.25) is 0 Å². The lowest BCUT2D eigenvalue weighted by Gasteiger charge is -2.22. The normalized spacial score (nSPS) is 12.3. The Labute approximate surface area is 121 Å². The molecule has 0 heterocycles. The van der Waals surface area contributed by atoms with E-state index in [2.05, 4.69) is 15.8 Å². The molecule has 0 aromatic carbocycles. The van der Waals surface area contributed by atoms with Gasteiger partial charge in [-0.05, 0) is 19.4 Å². The van der Waals surface area contributed by atoms with Gasteiger partial charge in [0.25, 0.3) is 0 Å². The summed E-state index contributed by atoms with van der Waals surface area (Å²) < 4.78 is 0. The Bertz CT molecular complexity index is 316. The van der Waals surface area contributed by atoms with Crippen LogP contribution in [0.4, 0.5) is 4.79 Å². The van der Waals surface area contributed by atoms with E-state index in [1.54, 1.807) is 14.1 Å². The SMILES string of the molecule is CN(C)C(=O)NCCNCCCCC(C)(C)C(N)=NO. The van der Waals surface area contributed by atoms with Crippen molar-refractivity contribution in [3.63, 3.8) is 0 Å². The van der Waals surface area contributed by atoms with Gasteiger partial charge in [0.05, 0.1) is 0 Å². The van der Waals surface area contributed by atoms with Crippen LogP contribution in [0.1, 0.15) is 33.1 Å². The third-order valence-electron chi connectivity index (χ3n) is 3.19. The fourth-order valence-corrected chi connectivity index (χ4v) is 1.62. The Kier molecular flexibility index (Phi) is 8.71. The van der Waals surface area contributed by atoms with Crippen LogP contribution in [0.2, 0.25) is 0 Å². The fourth-order valence-electron chi connectivity index (χ4n) is 1.62. The maximum atomic E-state index is 11.2. The van der Waals surface area contributed by atoms with Crippen molar-refractivity contribution in [2.75, 3.05) is 33.7 Å². The summed E-state index contributed by atoms with van der Waals surface area (Å²) in [7, 11) is 3.43. The van der Waals surface area contributed by atoms with Crippen molar-refractivity contribution < 1.29 is 10.0 Å². The Morgan fingerprint density at radius 1 is 1.25 bits per heavy atom. The van der Waals surface area contributed by atoms with Gasteiger partial charge < -0.3 is 26.5 Å². The number of hydrogen-bond donors (Lipinski definition) is 4. The van der Waals surface area contributed by atoms with E-state index in [-0.39, 0.29) is 17.3 Å². The summed E-state index contributed by atoms with van der Waals surface area (Å²) in [5.41, 5.74) is 5.35. The summed E-state index contributed by atoms with van der Waals surface area (Å²) in [6.45, 7) is 6.19. The highest BCUT2D eigenvalue weighted by Gasteiger charge is 2.22. The highest BCUT2D eigenvalue weighted by Crippen LogP contribution is 2.22. The molecule has 20 heavy (non-hydrogen) atoms. The first-order chi connectivity index (χ1) is 9.31. The summed E-state index contributed by atoms with van der Waals surface area (Å²) in [6.07, 6.45) is 2.89. The molecular formula is C13H29N5O2. The molecule has 0 spiro atoms. The average molecular weight is 287 g/mol. The minimum atomic E-state index is -0.269. The molecule has 2 amide bonds. The molecule has 0 rings (SSSR count). The quantitative estimate of drug-likeness (QED) is 0.165. The van der Waals surface area contributed by atoms with Gasteiger partial charge in [0, 0.05) is 32.6 Å². The van der Waals surface area contributed by atoms with Crippen LogP contribution >= 0.6 is 0 Å². The lowest BCUT2D eigenvalue weighted by Crippen LogP contribution is -2.38. The minimum Gasteiger partial charge on any atom is -0.409 e. The summed E-state index contributed by atoms with van der Waals surface area (Å²) in [5, 5.41) is 17.8. The average Bonchev–Trinajstić information content (AvgIpc) is 2.40. The molecule has 0 aliphatic carbocycles. The second-order valence-corrected chi connectivity index (χ2v) is 5.70. The van der Waals surface area contributed by atoms with Crippen LogP contribution in [0.15, 0.2) is 5.16 Å². The molecule has 5 N–H and O–H groups in total. The van der Waals surface area contributed by atoms with Crippen molar-refractivity contribution in [2.45, 2.75) is 33.1 Å². The predicted octanol–water partition coefficient (Wildman–Crippen LogP) is 0.790. The lowest BCUT2D eigenvalue weighted by atomic mass is 9.86. The molecule has 0 saturated heterocycles. The second kappa shape index (κ2) is 9.41. The molecule has 0 aliphatic heterocycles. The molecule has 0 unspecified atom stereocenters. The Hall–Kier alpha value is -1.50. The summed E-state index contributed by atoms with van der Waals surface area (Å²) in [5.74, 6) is 0.275. The number of nitrogens with two attached hydrogens (primary N) is 1. The number of unbranched alkanes of at least 4 members (excludes halogenated alkanes) is 1. The summed E-state index contributed by atoms with van der Waals surface area (Å²) in [4.78, 5) is 12.7. The number of carbonyl (C=O) groups is 1. The molecule has 0 saturated carbocycles. The first-order valence-corrected chi connectivity index (χ1v) is 6.95. The maximum Gasteiger partial charge on any atom is 0.316 e. The number of rotatable bonds is 9. The number of oxime groups is 1. The zero-order valence-corrected chi connectivity index (χ0v) is 13.1. The Morgan fingerprint density at radius 3 is 2.45 bits per heavy atom. The molecule has 0 fully saturated rings. The second-order valence-electron chi connectivity index (χ2n) is 5.70. The van der Waals surface area contributed by atoms with Gasteiger partial charge in [0.15, 0.2) is 0 Å². The van der Waals surface area contributed by atoms with E-state index in [0.29, 0.717) is 6.54 Å². The molecule has 0 bridgehead atoms. The van der Waals surface area contributed by atoms with E-state index in [0.717, 1.165) is 32.4 Å². The van der Waals surface area contributed by atoms with E-state index in [1.165, 1.54) is 4.90 Å². The molecule has 0 radical (unpaired) electrons. The molecule has 0 atom stereocenters. The first-order valence-electron chi connectivity index (χ1n) is 6.95. The molecule has 7 nitrogen and oxygen atoms in total. The van der Waals surface area contributed by atoms with Crippen LogP contribution in [0.25, 0.3) is 0 Å². The molecule has 0 aliphatic rings. The van der Waals surface area contributed by atoms with Crippen molar-refractivity contribution >= 4 is 11.9 Å². The van der Waals surface area contributed by atoms with Gasteiger partial charge in [-0.2, -0.15) is 0 Å². The minimum absolute atomic E-state index is 0.0766. The van der Waals surface area contributed by atoms with E-state index in [1.807, 2.05) is 13.8 Å². The number of amidine groups is 1. The highest BCUT2D eigenvalue weighted by molar-refractivity contribution is 5.85. The number of urea groups is 1. The van der Waals surface area contributed by atoms with Gasteiger partial charge in [-0.25, -0.2) is 4.79 Å². The third kappa shape index (κ3) is 7.83. The molecule has 0 aromatic rings. The van der Waals surface area contributed by atoms with Gasteiger partial charge >= 0.3 is 6.03 Å². The predicted molar refractivity (Wildman–Crippen MR) is 81.0 cm³/mol. The lowest BCUT2D eigenvalue weighted by molar-refractivity contribution is 0.217. The maximum absolute atomic E-state index is 11.2. The molecule has 118 valence electrons. The number of nitrogens with zero attached hydrogens (tertiary/aromatic N) is 2. The fraction of sp³-hybridized carbons (Fsp3) is 0.846. The molecule has 7 heteroatoms. The van der Waals surface area contributed by atoms with Crippen LogP contribution in [0.3, 0.4) is 0 Å². The largest absolute Gasteiger partial charge is 0.409 e. The Balaban J connectivity index is 3.53. The van der Waals surface area contributed by atoms with Gasteiger partial charge in [-0.1, -0.05) is 25.4 Å². The molecule has 0 aromatic heterocycles.